The molecule has 1 heterocycles. The molecule has 0 saturated carbocycles. The molecule has 0 aliphatic heterocycles. The molecule has 1 amide bonds. The first kappa shape index (κ1) is 18.5. The van der Waals surface area contributed by atoms with E-state index in [4.69, 9.17) is 0 Å². The van der Waals surface area contributed by atoms with E-state index in [1.807, 2.05) is 44.2 Å². The molecule has 0 saturated heterocycles. The number of likely N-dealkylation sites (N-methyl/N-ethyl adjacent to an activating group) is 1. The van der Waals surface area contributed by atoms with Crippen molar-refractivity contribution in [1.82, 2.24) is 14.5 Å². The first-order chi connectivity index (χ1) is 11.1. The van der Waals surface area contributed by atoms with Gasteiger partial charge in [-0.05, 0) is 5.56 Å². The summed E-state index contributed by atoms with van der Waals surface area (Å²) in [5.41, 5.74) is 0.678. The molecule has 9 heteroatoms. The van der Waals surface area contributed by atoms with E-state index in [1.54, 1.807) is 0 Å². The van der Waals surface area contributed by atoms with Gasteiger partial charge in [-0.3, -0.25) is 4.79 Å². The lowest BCUT2D eigenvalue weighted by Gasteiger charge is -2.29. The van der Waals surface area contributed by atoms with E-state index in [0.29, 0.717) is 0 Å². The van der Waals surface area contributed by atoms with Gasteiger partial charge in [-0.2, -0.15) is 4.31 Å². The number of carbonyl (C=O) groups is 1. The maximum Gasteiger partial charge on any atom is 0.272 e. The van der Waals surface area contributed by atoms with Gasteiger partial charge in [0.2, 0.25) is 15.4 Å². The molecule has 0 spiro atoms. The number of carbonyl (C=O) groups excluding carboxylic acids is 1. The number of nitrogens with zero attached hydrogens (tertiary/aromatic N) is 3. The lowest BCUT2D eigenvalue weighted by atomic mass is 9.85. The normalized spacial score (nSPS) is 12.4. The Morgan fingerprint density at radius 2 is 1.88 bits per heavy atom. The molecule has 7 nitrogen and oxygen atoms in total. The minimum atomic E-state index is -3.77. The fourth-order valence-electron chi connectivity index (χ4n) is 2.27. The van der Waals surface area contributed by atoms with Crippen molar-refractivity contribution in [2.24, 2.45) is 0 Å². The van der Waals surface area contributed by atoms with E-state index in [-0.39, 0.29) is 27.3 Å². The van der Waals surface area contributed by atoms with Gasteiger partial charge >= 0.3 is 0 Å². The highest BCUT2D eigenvalue weighted by atomic mass is 32.2. The van der Waals surface area contributed by atoms with Crippen molar-refractivity contribution in [3.8, 4) is 0 Å². The topological polar surface area (TPSA) is 92.3 Å². The smallest absolute Gasteiger partial charge is 0.272 e. The van der Waals surface area contributed by atoms with Gasteiger partial charge in [-0.15, -0.1) is 10.2 Å². The number of hydrogen-bond acceptors (Lipinski definition) is 6. The molecular formula is C15H20N4O3S2. The minimum Gasteiger partial charge on any atom is -0.301 e. The van der Waals surface area contributed by atoms with E-state index in [0.717, 1.165) is 16.9 Å². The van der Waals surface area contributed by atoms with Crippen LogP contribution in [0.2, 0.25) is 0 Å². The molecule has 0 unspecified atom stereocenters. The summed E-state index contributed by atoms with van der Waals surface area (Å²) in [6, 6.07) is 9.72. The maximum absolute atomic E-state index is 12.7. The third-order valence-electron chi connectivity index (χ3n) is 3.49. The van der Waals surface area contributed by atoms with Crippen LogP contribution < -0.4 is 5.32 Å². The molecule has 0 fully saturated rings. The van der Waals surface area contributed by atoms with Crippen molar-refractivity contribution in [2.45, 2.75) is 30.5 Å². The highest BCUT2D eigenvalue weighted by Crippen LogP contribution is 2.28. The van der Waals surface area contributed by atoms with Gasteiger partial charge < -0.3 is 5.32 Å². The van der Waals surface area contributed by atoms with E-state index < -0.39 is 10.0 Å². The van der Waals surface area contributed by atoms with Gasteiger partial charge in [0.25, 0.3) is 10.0 Å². The van der Waals surface area contributed by atoms with Crippen molar-refractivity contribution in [2.75, 3.05) is 18.9 Å². The van der Waals surface area contributed by atoms with Gasteiger partial charge in [-0.1, -0.05) is 55.5 Å². The quantitative estimate of drug-likeness (QED) is 0.788. The molecule has 0 aliphatic carbocycles. The fraction of sp³-hybridized carbons (Fsp3) is 0.400. The minimum absolute atomic E-state index is 0.141. The summed E-state index contributed by atoms with van der Waals surface area (Å²) in [5, 5.41) is 9.98. The van der Waals surface area contributed by atoms with Crippen molar-refractivity contribution < 1.29 is 13.2 Å². The summed E-state index contributed by atoms with van der Waals surface area (Å²) >= 11 is 0.834. The zero-order chi connectivity index (χ0) is 18.0. The van der Waals surface area contributed by atoms with Gasteiger partial charge in [0.15, 0.2) is 0 Å². The summed E-state index contributed by atoms with van der Waals surface area (Å²) in [4.78, 5) is 11.0. The van der Waals surface area contributed by atoms with Crippen LogP contribution in [0.3, 0.4) is 0 Å². The monoisotopic (exact) mass is 368 g/mol. The molecule has 1 aromatic carbocycles. The van der Waals surface area contributed by atoms with Crippen molar-refractivity contribution in [3.05, 3.63) is 35.9 Å². The Hall–Kier alpha value is -1.84. The van der Waals surface area contributed by atoms with Crippen LogP contribution in [0.1, 0.15) is 26.3 Å². The van der Waals surface area contributed by atoms with Gasteiger partial charge in [0, 0.05) is 25.9 Å². The SMILES string of the molecule is CC(=O)Nc1nnc(S(=O)(=O)N(C)CC(C)(C)c2ccccc2)s1. The van der Waals surface area contributed by atoms with Crippen LogP contribution in [0.15, 0.2) is 34.7 Å². The number of aromatic nitrogens is 2. The number of rotatable bonds is 6. The third-order valence-corrected chi connectivity index (χ3v) is 6.48. The summed E-state index contributed by atoms with van der Waals surface area (Å²) in [5.74, 6) is -0.325. The molecule has 24 heavy (non-hydrogen) atoms. The number of amides is 1. The van der Waals surface area contributed by atoms with E-state index in [2.05, 4.69) is 15.5 Å². The average molecular weight is 368 g/mol. The molecule has 0 atom stereocenters. The Morgan fingerprint density at radius 3 is 2.46 bits per heavy atom. The number of nitrogens with one attached hydrogen (secondary N) is 1. The van der Waals surface area contributed by atoms with Crippen LogP contribution >= 0.6 is 11.3 Å². The molecular weight excluding hydrogens is 348 g/mol. The number of anilines is 1. The first-order valence-corrected chi connectivity index (χ1v) is 9.51. The molecule has 1 N–H and O–H groups in total. The third kappa shape index (κ3) is 4.16. The van der Waals surface area contributed by atoms with Crippen molar-refractivity contribution in [3.63, 3.8) is 0 Å². The zero-order valence-corrected chi connectivity index (χ0v) is 15.6. The summed E-state index contributed by atoms with van der Waals surface area (Å²) in [6.07, 6.45) is 0. The molecule has 1 aromatic heterocycles. The predicted octanol–water partition coefficient (Wildman–Crippen LogP) is 2.09. The Kier molecular flexibility index (Phi) is 5.36. The lowest BCUT2D eigenvalue weighted by Crippen LogP contribution is -2.38. The molecule has 130 valence electrons. The number of sulfonamides is 1. The van der Waals surface area contributed by atoms with Gasteiger partial charge in [-0.25, -0.2) is 8.42 Å². The Balaban J connectivity index is 2.20. The largest absolute Gasteiger partial charge is 0.301 e. The van der Waals surface area contributed by atoms with E-state index in [1.165, 1.54) is 18.3 Å². The molecule has 0 bridgehead atoms. The standard InChI is InChI=1S/C15H20N4O3S2/c1-11(20)16-13-17-18-14(23-13)24(21,22)19(4)10-15(2,3)12-8-6-5-7-9-12/h5-9H,10H2,1-4H3,(H,16,17,20). The number of hydrogen-bond donors (Lipinski definition) is 1. The Morgan fingerprint density at radius 1 is 1.25 bits per heavy atom. The van der Waals surface area contributed by atoms with Gasteiger partial charge in [0.05, 0.1) is 0 Å². The summed E-state index contributed by atoms with van der Waals surface area (Å²) in [7, 11) is -2.25. The van der Waals surface area contributed by atoms with Crippen LogP contribution in [-0.2, 0) is 20.2 Å². The number of benzene rings is 1. The predicted molar refractivity (Wildman–Crippen MR) is 93.5 cm³/mol. The Bertz CT molecular complexity index is 816. The molecule has 0 radical (unpaired) electrons. The highest BCUT2D eigenvalue weighted by molar-refractivity contribution is 7.91. The summed E-state index contributed by atoms with van der Waals surface area (Å²) in [6.45, 7) is 5.58. The average Bonchev–Trinajstić information content (AvgIpc) is 2.96. The van der Waals surface area contributed by atoms with E-state index >= 15 is 0 Å². The second-order valence-electron chi connectivity index (χ2n) is 6.07. The van der Waals surface area contributed by atoms with Crippen LogP contribution in [0.4, 0.5) is 5.13 Å². The van der Waals surface area contributed by atoms with Gasteiger partial charge in [0.1, 0.15) is 0 Å². The van der Waals surface area contributed by atoms with Crippen LogP contribution in [0, 0.1) is 0 Å². The van der Waals surface area contributed by atoms with Crippen LogP contribution in [0.25, 0.3) is 0 Å². The molecule has 2 aromatic rings. The fourth-order valence-corrected chi connectivity index (χ4v) is 4.74. The first-order valence-electron chi connectivity index (χ1n) is 7.26. The van der Waals surface area contributed by atoms with Crippen LogP contribution in [-0.4, -0.2) is 42.4 Å². The van der Waals surface area contributed by atoms with Crippen molar-refractivity contribution in [1.29, 1.82) is 0 Å². The van der Waals surface area contributed by atoms with Crippen LogP contribution in [0.5, 0.6) is 0 Å². The highest BCUT2D eigenvalue weighted by Gasteiger charge is 2.31. The maximum atomic E-state index is 12.7. The van der Waals surface area contributed by atoms with Crippen molar-refractivity contribution >= 4 is 32.4 Å². The second-order valence-corrected chi connectivity index (χ2v) is 9.26. The zero-order valence-electron chi connectivity index (χ0n) is 14.0. The van der Waals surface area contributed by atoms with E-state index in [9.17, 15) is 13.2 Å². The Labute approximate surface area is 145 Å². The lowest BCUT2D eigenvalue weighted by molar-refractivity contribution is -0.114. The second kappa shape index (κ2) is 6.96. The molecule has 0 aliphatic rings. The molecule has 2 rings (SSSR count). The summed E-state index contributed by atoms with van der Waals surface area (Å²) < 4.78 is 26.4.